The number of ether oxygens (including phenoxy) is 1. The average Bonchev–Trinajstić information content (AvgIpc) is 2.78. The van der Waals surface area contributed by atoms with Crippen LogP contribution in [0.25, 0.3) is 16.8 Å². The molecule has 30 heavy (non-hydrogen) atoms. The van der Waals surface area contributed by atoms with Gasteiger partial charge in [-0.3, -0.25) is 4.79 Å². The lowest BCUT2D eigenvalue weighted by atomic mass is 10.0. The molecular formula is C23H18ClN3O3. The maximum atomic E-state index is 12.9. The van der Waals surface area contributed by atoms with Crippen LogP contribution in [0.1, 0.15) is 5.56 Å². The van der Waals surface area contributed by atoms with E-state index in [9.17, 15) is 9.90 Å². The maximum Gasteiger partial charge on any atom is 0.316 e. The quantitative estimate of drug-likeness (QED) is 0.499. The van der Waals surface area contributed by atoms with Crippen LogP contribution < -0.4 is 16.0 Å². The molecule has 0 fully saturated rings. The number of benzene rings is 3. The largest absolute Gasteiger partial charge is 0.449 e. The van der Waals surface area contributed by atoms with Crippen molar-refractivity contribution in [3.8, 4) is 28.3 Å². The van der Waals surface area contributed by atoms with E-state index >= 15 is 0 Å². The number of anilines is 1. The first-order chi connectivity index (χ1) is 14.5. The second-order valence-corrected chi connectivity index (χ2v) is 7.04. The van der Waals surface area contributed by atoms with Gasteiger partial charge in [0.05, 0.1) is 18.5 Å². The van der Waals surface area contributed by atoms with Gasteiger partial charge in [-0.15, -0.1) is 0 Å². The van der Waals surface area contributed by atoms with Crippen LogP contribution in [0.15, 0.2) is 83.8 Å². The van der Waals surface area contributed by atoms with Crippen LogP contribution in [0.2, 0.25) is 5.02 Å². The van der Waals surface area contributed by atoms with Crippen molar-refractivity contribution in [2.24, 2.45) is 0 Å². The Hall–Kier alpha value is -3.61. The first-order valence-corrected chi connectivity index (χ1v) is 9.55. The minimum atomic E-state index is -0.475. The highest BCUT2D eigenvalue weighted by atomic mass is 35.5. The van der Waals surface area contributed by atoms with Crippen LogP contribution in [0.3, 0.4) is 0 Å². The van der Waals surface area contributed by atoms with Gasteiger partial charge >= 0.3 is 5.56 Å². The maximum absolute atomic E-state index is 12.9. The Kier molecular flexibility index (Phi) is 5.52. The number of hydrogen-bond acceptors (Lipinski definition) is 5. The van der Waals surface area contributed by atoms with E-state index in [0.29, 0.717) is 16.5 Å². The third-order valence-corrected chi connectivity index (χ3v) is 4.80. The summed E-state index contributed by atoms with van der Waals surface area (Å²) in [6, 6.07) is 21.6. The van der Waals surface area contributed by atoms with Gasteiger partial charge in [0.15, 0.2) is 0 Å². The molecule has 3 N–H and O–H groups in total. The Morgan fingerprint density at radius 1 is 1.00 bits per heavy atom. The summed E-state index contributed by atoms with van der Waals surface area (Å²) in [5.41, 5.74) is 8.93. The van der Waals surface area contributed by atoms with Gasteiger partial charge in [-0.25, -0.2) is 0 Å². The van der Waals surface area contributed by atoms with Gasteiger partial charge < -0.3 is 15.6 Å². The van der Waals surface area contributed by atoms with Crippen molar-refractivity contribution >= 4 is 17.3 Å². The van der Waals surface area contributed by atoms with Crippen LogP contribution in [0.5, 0.6) is 11.5 Å². The van der Waals surface area contributed by atoms with Crippen molar-refractivity contribution in [1.82, 2.24) is 9.78 Å². The number of halogens is 1. The summed E-state index contributed by atoms with van der Waals surface area (Å²) >= 11 is 5.91. The second kappa shape index (κ2) is 8.41. The van der Waals surface area contributed by atoms with Gasteiger partial charge in [0.25, 0.3) is 0 Å². The molecule has 1 aromatic heterocycles. The summed E-state index contributed by atoms with van der Waals surface area (Å²) in [6.07, 6.45) is 1.38. The number of aliphatic hydroxyl groups excluding tert-OH is 1. The summed E-state index contributed by atoms with van der Waals surface area (Å²) in [6.45, 7) is -0.0176. The fraction of sp³-hybridized carbons (Fsp3) is 0.0435. The summed E-state index contributed by atoms with van der Waals surface area (Å²) in [5.74, 6) is 0.463. The average molecular weight is 420 g/mol. The molecule has 1 heterocycles. The molecule has 7 heteroatoms. The fourth-order valence-electron chi connectivity index (χ4n) is 3.00. The molecule has 0 atom stereocenters. The number of rotatable bonds is 5. The Morgan fingerprint density at radius 2 is 1.73 bits per heavy atom. The Balaban J connectivity index is 1.63. The van der Waals surface area contributed by atoms with E-state index in [-0.39, 0.29) is 18.0 Å². The van der Waals surface area contributed by atoms with E-state index in [1.807, 2.05) is 36.4 Å². The van der Waals surface area contributed by atoms with Crippen molar-refractivity contribution in [3.63, 3.8) is 0 Å². The smallest absolute Gasteiger partial charge is 0.316 e. The molecule has 0 amide bonds. The summed E-state index contributed by atoms with van der Waals surface area (Å²) < 4.78 is 7.00. The molecule has 0 radical (unpaired) electrons. The summed E-state index contributed by atoms with van der Waals surface area (Å²) in [4.78, 5) is 12.9. The molecule has 0 saturated heterocycles. The molecule has 0 aliphatic rings. The minimum Gasteiger partial charge on any atom is -0.449 e. The Labute approximate surface area is 177 Å². The molecule has 3 aromatic carbocycles. The van der Waals surface area contributed by atoms with E-state index in [1.165, 1.54) is 10.9 Å². The lowest BCUT2D eigenvalue weighted by Crippen LogP contribution is -2.23. The molecule has 150 valence electrons. The van der Waals surface area contributed by atoms with Crippen molar-refractivity contribution in [3.05, 3.63) is 99.9 Å². The molecule has 4 rings (SSSR count). The number of aromatic nitrogens is 2. The number of hydrogen-bond donors (Lipinski definition) is 2. The van der Waals surface area contributed by atoms with Gasteiger partial charge in [0, 0.05) is 5.02 Å². The van der Waals surface area contributed by atoms with Crippen molar-refractivity contribution in [1.29, 1.82) is 0 Å². The minimum absolute atomic E-state index is 0.00465. The molecule has 0 bridgehead atoms. The predicted molar refractivity (Wildman–Crippen MR) is 117 cm³/mol. The lowest BCUT2D eigenvalue weighted by Gasteiger charge is -2.11. The van der Waals surface area contributed by atoms with Crippen LogP contribution in [0, 0.1) is 0 Å². The molecule has 0 unspecified atom stereocenters. The van der Waals surface area contributed by atoms with E-state index in [2.05, 4.69) is 5.10 Å². The van der Waals surface area contributed by atoms with Gasteiger partial charge in [0.2, 0.25) is 5.75 Å². The second-order valence-electron chi connectivity index (χ2n) is 6.61. The van der Waals surface area contributed by atoms with Crippen LogP contribution >= 0.6 is 11.6 Å². The Morgan fingerprint density at radius 3 is 2.43 bits per heavy atom. The van der Waals surface area contributed by atoms with Gasteiger partial charge in [-0.05, 0) is 59.2 Å². The van der Waals surface area contributed by atoms with Gasteiger partial charge in [0.1, 0.15) is 11.4 Å². The molecule has 0 aliphatic heterocycles. The summed E-state index contributed by atoms with van der Waals surface area (Å²) in [5, 5.41) is 14.0. The van der Waals surface area contributed by atoms with Gasteiger partial charge in [-0.2, -0.15) is 9.78 Å². The predicted octanol–water partition coefficient (Wildman–Crippen LogP) is 4.42. The van der Waals surface area contributed by atoms with E-state index in [4.69, 9.17) is 22.1 Å². The molecule has 0 spiro atoms. The van der Waals surface area contributed by atoms with Crippen molar-refractivity contribution < 1.29 is 9.84 Å². The molecule has 6 nitrogen and oxygen atoms in total. The molecule has 4 aromatic rings. The first-order valence-electron chi connectivity index (χ1n) is 9.17. The summed E-state index contributed by atoms with van der Waals surface area (Å²) in [7, 11) is 0. The topological polar surface area (TPSA) is 90.4 Å². The number of aliphatic hydroxyl groups is 1. The highest BCUT2D eigenvalue weighted by molar-refractivity contribution is 6.30. The lowest BCUT2D eigenvalue weighted by molar-refractivity contribution is 0.282. The van der Waals surface area contributed by atoms with E-state index < -0.39 is 5.56 Å². The molecule has 0 saturated carbocycles. The van der Waals surface area contributed by atoms with Crippen LogP contribution in [0.4, 0.5) is 5.69 Å². The van der Waals surface area contributed by atoms with E-state index in [1.54, 1.807) is 36.4 Å². The first kappa shape index (κ1) is 19.7. The molecule has 0 aliphatic carbocycles. The van der Waals surface area contributed by atoms with Crippen LogP contribution in [-0.2, 0) is 6.61 Å². The normalized spacial score (nSPS) is 10.7. The highest BCUT2D eigenvalue weighted by Crippen LogP contribution is 2.27. The third kappa shape index (κ3) is 4.05. The van der Waals surface area contributed by atoms with Crippen molar-refractivity contribution in [2.45, 2.75) is 6.61 Å². The van der Waals surface area contributed by atoms with E-state index in [0.717, 1.165) is 16.7 Å². The molecular weight excluding hydrogens is 402 g/mol. The highest BCUT2D eigenvalue weighted by Gasteiger charge is 2.13. The number of nitrogens with zero attached hydrogens (tertiary/aromatic N) is 2. The zero-order valence-corrected chi connectivity index (χ0v) is 16.6. The third-order valence-electron chi connectivity index (χ3n) is 4.55. The standard InChI is InChI=1S/C23H18ClN3O3/c24-18-6-8-19(9-7-18)27-23(29)22(21(25)13-26-27)30-20-10-4-16(5-11-20)17-3-1-2-15(12-17)14-28/h1-13,28H,14,25H2. The van der Waals surface area contributed by atoms with Gasteiger partial charge in [-0.1, -0.05) is 41.9 Å². The van der Waals surface area contributed by atoms with Crippen molar-refractivity contribution in [2.75, 3.05) is 5.73 Å². The number of nitrogens with two attached hydrogens (primary N) is 1. The Bertz CT molecular complexity index is 1240. The zero-order valence-electron chi connectivity index (χ0n) is 15.8. The number of nitrogen functional groups attached to an aromatic ring is 1. The van der Waals surface area contributed by atoms with Crippen LogP contribution in [-0.4, -0.2) is 14.9 Å². The fourth-order valence-corrected chi connectivity index (χ4v) is 3.13. The zero-order chi connectivity index (χ0) is 21.1. The SMILES string of the molecule is Nc1cnn(-c2ccc(Cl)cc2)c(=O)c1Oc1ccc(-c2cccc(CO)c2)cc1. The monoisotopic (exact) mass is 419 g/mol.